The van der Waals surface area contributed by atoms with E-state index in [9.17, 15) is 0 Å². The Kier molecular flexibility index (Phi) is 6.19. The lowest BCUT2D eigenvalue weighted by molar-refractivity contribution is 1.02. The molecule has 2 heteroatoms. The summed E-state index contributed by atoms with van der Waals surface area (Å²) in [4.78, 5) is 0. The molecule has 2 aromatic heterocycles. The second kappa shape index (κ2) is 10.7. The van der Waals surface area contributed by atoms with E-state index in [-0.39, 0.29) is 0 Å². The van der Waals surface area contributed by atoms with Crippen molar-refractivity contribution in [2.45, 2.75) is 32.1 Å². The van der Waals surface area contributed by atoms with Crippen LogP contribution in [-0.2, 0) is 6.42 Å². The molecule has 0 atom stereocenters. The first-order valence-electron chi connectivity index (χ1n) is 16.2. The molecule has 2 nitrogen and oxygen atoms in total. The second-order valence-electron chi connectivity index (χ2n) is 12.4. The average molecular weight is 579 g/mol. The van der Waals surface area contributed by atoms with Crippen molar-refractivity contribution in [3.05, 3.63) is 162 Å². The number of para-hydroxylation sites is 2. The Morgan fingerprint density at radius 3 is 2.18 bits per heavy atom. The van der Waals surface area contributed by atoms with Crippen LogP contribution in [-0.4, -0.2) is 9.13 Å². The SMILES string of the molecule is C1=CCCC(c2cc(Cc3ccccc3)cc(-n3c4ccccc4c4c5c(ccc43)c3ccccc3n5C3=CCCC=C3)c2)=C1. The Bertz CT molecular complexity index is 2390. The van der Waals surface area contributed by atoms with E-state index in [2.05, 4.69) is 155 Å². The zero-order chi connectivity index (χ0) is 29.7. The summed E-state index contributed by atoms with van der Waals surface area (Å²) in [6.45, 7) is 0. The van der Waals surface area contributed by atoms with E-state index in [0.29, 0.717) is 0 Å². The maximum absolute atomic E-state index is 2.51. The predicted octanol–water partition coefficient (Wildman–Crippen LogP) is 11.4. The molecule has 0 amide bonds. The van der Waals surface area contributed by atoms with Crippen LogP contribution in [0, 0.1) is 0 Å². The summed E-state index contributed by atoms with van der Waals surface area (Å²) in [6.07, 6.45) is 19.0. The largest absolute Gasteiger partial charge is 0.309 e. The quantitative estimate of drug-likeness (QED) is 0.192. The molecule has 0 saturated heterocycles. The summed E-state index contributed by atoms with van der Waals surface area (Å²) in [5.41, 5.74) is 12.9. The fraction of sp³-hybridized carbons (Fsp3) is 0.116. The molecule has 9 rings (SSSR count). The van der Waals surface area contributed by atoms with Crippen molar-refractivity contribution < 1.29 is 0 Å². The van der Waals surface area contributed by atoms with Gasteiger partial charge in [-0.1, -0.05) is 109 Å². The van der Waals surface area contributed by atoms with Gasteiger partial charge in [-0.2, -0.15) is 0 Å². The van der Waals surface area contributed by atoms with Crippen molar-refractivity contribution in [2.24, 2.45) is 0 Å². The first kappa shape index (κ1) is 26.1. The summed E-state index contributed by atoms with van der Waals surface area (Å²) in [5.74, 6) is 0. The lowest BCUT2D eigenvalue weighted by atomic mass is 9.93. The molecule has 0 aliphatic heterocycles. The minimum atomic E-state index is 0.904. The van der Waals surface area contributed by atoms with Crippen molar-refractivity contribution in [1.82, 2.24) is 9.13 Å². The van der Waals surface area contributed by atoms with E-state index in [1.807, 2.05) is 0 Å². The molecule has 2 aliphatic rings. The summed E-state index contributed by atoms with van der Waals surface area (Å²) in [7, 11) is 0. The Morgan fingerprint density at radius 2 is 1.38 bits per heavy atom. The topological polar surface area (TPSA) is 9.86 Å². The van der Waals surface area contributed by atoms with Crippen LogP contribution >= 0.6 is 0 Å². The third kappa shape index (κ3) is 4.32. The van der Waals surface area contributed by atoms with Gasteiger partial charge in [-0.05, 0) is 90.8 Å². The number of allylic oxidation sites excluding steroid dienone is 8. The molecule has 7 aromatic rings. The third-order valence-corrected chi connectivity index (χ3v) is 9.57. The molecule has 2 heterocycles. The maximum Gasteiger partial charge on any atom is 0.0641 e. The van der Waals surface area contributed by atoms with Crippen molar-refractivity contribution in [3.8, 4) is 5.69 Å². The van der Waals surface area contributed by atoms with Gasteiger partial charge < -0.3 is 9.13 Å². The molecule has 0 saturated carbocycles. The van der Waals surface area contributed by atoms with E-state index < -0.39 is 0 Å². The van der Waals surface area contributed by atoms with Crippen LogP contribution in [0.25, 0.3) is 60.6 Å². The summed E-state index contributed by atoms with van der Waals surface area (Å²) in [5, 5.41) is 5.21. The van der Waals surface area contributed by atoms with Gasteiger partial charge >= 0.3 is 0 Å². The van der Waals surface area contributed by atoms with E-state index in [1.54, 1.807) is 0 Å². The van der Waals surface area contributed by atoms with Crippen molar-refractivity contribution in [1.29, 1.82) is 0 Å². The van der Waals surface area contributed by atoms with Crippen LogP contribution in [0.15, 0.2) is 146 Å². The van der Waals surface area contributed by atoms with Crippen molar-refractivity contribution >= 4 is 54.9 Å². The molecule has 0 N–H and O–H groups in total. The molecular formula is C43H34N2. The van der Waals surface area contributed by atoms with Gasteiger partial charge in [0.15, 0.2) is 0 Å². The highest BCUT2D eigenvalue weighted by molar-refractivity contribution is 6.26. The lowest BCUT2D eigenvalue weighted by Gasteiger charge is -2.16. The van der Waals surface area contributed by atoms with Gasteiger partial charge in [0.1, 0.15) is 0 Å². The molecule has 0 unspecified atom stereocenters. The van der Waals surface area contributed by atoms with Crippen LogP contribution in [0.5, 0.6) is 0 Å². The number of benzene rings is 5. The molecule has 45 heavy (non-hydrogen) atoms. The van der Waals surface area contributed by atoms with Gasteiger partial charge in [-0.25, -0.2) is 0 Å². The minimum absolute atomic E-state index is 0.904. The highest BCUT2D eigenvalue weighted by Crippen LogP contribution is 2.42. The Hall–Kier alpha value is -5.34. The van der Waals surface area contributed by atoms with Crippen LogP contribution in [0.1, 0.15) is 42.4 Å². The molecule has 216 valence electrons. The predicted molar refractivity (Wildman–Crippen MR) is 192 cm³/mol. The number of hydrogen-bond acceptors (Lipinski definition) is 0. The van der Waals surface area contributed by atoms with Crippen LogP contribution in [0.2, 0.25) is 0 Å². The first-order valence-corrected chi connectivity index (χ1v) is 16.2. The molecule has 0 fully saturated rings. The Labute approximate surface area is 263 Å². The van der Waals surface area contributed by atoms with E-state index >= 15 is 0 Å². The van der Waals surface area contributed by atoms with Crippen LogP contribution in [0.3, 0.4) is 0 Å². The number of hydrogen-bond donors (Lipinski definition) is 0. The Morgan fingerprint density at radius 1 is 0.578 bits per heavy atom. The standard InChI is InChI=1S/C43H34N2/c1-4-14-30(15-5-1)26-31-27-33(32-16-6-2-7-17-32)29-35(28-31)44-40-23-13-11-21-38(40)42-41(44)25-24-37-36-20-10-12-22-39(36)45(43(37)42)34-18-8-3-9-19-34/h1-2,4-6,8,10-16,18-25,27-29H,3,7,9,17,26H2. The minimum Gasteiger partial charge on any atom is -0.309 e. The normalized spacial score (nSPS) is 14.9. The zero-order valence-corrected chi connectivity index (χ0v) is 25.3. The highest BCUT2D eigenvalue weighted by Gasteiger charge is 2.21. The maximum atomic E-state index is 2.51. The van der Waals surface area contributed by atoms with Gasteiger partial charge in [-0.3, -0.25) is 0 Å². The third-order valence-electron chi connectivity index (χ3n) is 9.57. The average Bonchev–Trinajstić information content (AvgIpc) is 3.62. The zero-order valence-electron chi connectivity index (χ0n) is 25.3. The summed E-state index contributed by atoms with van der Waals surface area (Å²) in [6, 6.07) is 40.6. The van der Waals surface area contributed by atoms with E-state index in [0.717, 1.165) is 32.1 Å². The fourth-order valence-corrected chi connectivity index (χ4v) is 7.59. The number of aromatic nitrogens is 2. The van der Waals surface area contributed by atoms with Gasteiger partial charge in [0.05, 0.1) is 22.1 Å². The molecule has 0 spiro atoms. The van der Waals surface area contributed by atoms with Crippen molar-refractivity contribution in [3.63, 3.8) is 0 Å². The van der Waals surface area contributed by atoms with Gasteiger partial charge in [0.2, 0.25) is 0 Å². The number of rotatable bonds is 5. The monoisotopic (exact) mass is 578 g/mol. The van der Waals surface area contributed by atoms with E-state index in [1.165, 1.54) is 77.3 Å². The second-order valence-corrected chi connectivity index (χ2v) is 12.4. The highest BCUT2D eigenvalue weighted by atomic mass is 15.0. The summed E-state index contributed by atoms with van der Waals surface area (Å²) < 4.78 is 5.02. The van der Waals surface area contributed by atoms with Crippen LogP contribution < -0.4 is 0 Å². The Balaban J connectivity index is 1.37. The number of fused-ring (bicyclic) bond motifs is 7. The molecule has 0 radical (unpaired) electrons. The first-order chi connectivity index (χ1) is 22.3. The molecule has 5 aromatic carbocycles. The van der Waals surface area contributed by atoms with Gasteiger partial charge in [0, 0.05) is 32.9 Å². The van der Waals surface area contributed by atoms with Crippen molar-refractivity contribution in [2.75, 3.05) is 0 Å². The number of nitrogens with zero attached hydrogens (tertiary/aromatic N) is 2. The molecule has 2 aliphatic carbocycles. The molecule has 0 bridgehead atoms. The van der Waals surface area contributed by atoms with E-state index in [4.69, 9.17) is 0 Å². The van der Waals surface area contributed by atoms with Gasteiger partial charge in [0.25, 0.3) is 0 Å². The van der Waals surface area contributed by atoms with Gasteiger partial charge in [-0.15, -0.1) is 0 Å². The fourth-order valence-electron chi connectivity index (χ4n) is 7.59. The van der Waals surface area contributed by atoms with Crippen LogP contribution in [0.4, 0.5) is 0 Å². The smallest absolute Gasteiger partial charge is 0.0641 e. The molecular weight excluding hydrogens is 544 g/mol. The summed E-state index contributed by atoms with van der Waals surface area (Å²) >= 11 is 0. The lowest BCUT2D eigenvalue weighted by Crippen LogP contribution is -2.00.